The monoisotopic (exact) mass is 580 g/mol. The summed E-state index contributed by atoms with van der Waals surface area (Å²) in [5.41, 5.74) is 7.05. The summed E-state index contributed by atoms with van der Waals surface area (Å²) >= 11 is 0. The van der Waals surface area contributed by atoms with Gasteiger partial charge in [-0.05, 0) is 43.2 Å². The summed E-state index contributed by atoms with van der Waals surface area (Å²) in [6.45, 7) is 7.24. The summed E-state index contributed by atoms with van der Waals surface area (Å²) in [6, 6.07) is 20.7. The molecule has 0 unspecified atom stereocenters. The summed E-state index contributed by atoms with van der Waals surface area (Å²) in [7, 11) is 1.99. The number of aliphatic hydroxyl groups excluding tert-OH is 1. The van der Waals surface area contributed by atoms with Gasteiger partial charge in [0.1, 0.15) is 5.75 Å². The van der Waals surface area contributed by atoms with E-state index in [1.54, 1.807) is 0 Å². The zero-order chi connectivity index (χ0) is 29.8. The van der Waals surface area contributed by atoms with Gasteiger partial charge in [0, 0.05) is 67.4 Å². The van der Waals surface area contributed by atoms with Gasteiger partial charge in [0.25, 0.3) is 0 Å². The summed E-state index contributed by atoms with van der Waals surface area (Å²) in [5, 5.41) is 18.0. The smallest absolute Gasteiger partial charge is 0.166 e. The number of aromatic nitrogens is 3. The molecule has 0 radical (unpaired) electrons. The van der Waals surface area contributed by atoms with Crippen LogP contribution in [0, 0.1) is 6.92 Å². The highest BCUT2D eigenvalue weighted by Crippen LogP contribution is 2.38. The first kappa shape index (κ1) is 29.1. The molecule has 43 heavy (non-hydrogen) atoms. The number of para-hydroxylation sites is 1. The van der Waals surface area contributed by atoms with Crippen LogP contribution in [-0.2, 0) is 31.3 Å². The minimum atomic E-state index is 0.0581. The van der Waals surface area contributed by atoms with Gasteiger partial charge >= 0.3 is 0 Å². The molecule has 224 valence electrons. The number of ether oxygens (including phenoxy) is 2. The number of aldehydes is 1. The van der Waals surface area contributed by atoms with Gasteiger partial charge in [-0.1, -0.05) is 54.6 Å². The lowest BCUT2D eigenvalue weighted by Crippen LogP contribution is -2.35. The summed E-state index contributed by atoms with van der Waals surface area (Å²) in [4.78, 5) is 15.1. The van der Waals surface area contributed by atoms with Crippen LogP contribution in [0.25, 0.3) is 32.8 Å². The molecule has 0 spiro atoms. The minimum absolute atomic E-state index is 0.0581. The Morgan fingerprint density at radius 1 is 1.00 bits per heavy atom. The lowest BCUT2D eigenvalue weighted by molar-refractivity contribution is 0.0336. The maximum Gasteiger partial charge on any atom is 0.166 e. The van der Waals surface area contributed by atoms with E-state index in [1.807, 2.05) is 36.0 Å². The number of hydrogen-bond donors (Lipinski definition) is 1. The van der Waals surface area contributed by atoms with Crippen molar-refractivity contribution in [3.63, 3.8) is 0 Å². The third kappa shape index (κ3) is 5.83. The Hall–Kier alpha value is -3.98. The summed E-state index contributed by atoms with van der Waals surface area (Å²) < 4.78 is 15.9. The number of hydrogen-bond acceptors (Lipinski definition) is 6. The second kappa shape index (κ2) is 13.1. The van der Waals surface area contributed by atoms with Crippen LogP contribution in [0.15, 0.2) is 60.7 Å². The molecule has 0 amide bonds. The number of rotatable bonds is 12. The average Bonchev–Trinajstić information content (AvgIpc) is 3.50. The zero-order valence-electron chi connectivity index (χ0n) is 25.1. The van der Waals surface area contributed by atoms with E-state index in [-0.39, 0.29) is 6.61 Å². The molecule has 1 fully saturated rings. The molecule has 0 bridgehead atoms. The highest BCUT2D eigenvalue weighted by molar-refractivity contribution is 6.02. The van der Waals surface area contributed by atoms with Gasteiger partial charge in [0.15, 0.2) is 6.29 Å². The summed E-state index contributed by atoms with van der Waals surface area (Å²) in [5.74, 6) is 0.876. The third-order valence-corrected chi connectivity index (χ3v) is 8.61. The van der Waals surface area contributed by atoms with E-state index in [4.69, 9.17) is 14.6 Å². The predicted octanol–water partition coefficient (Wildman–Crippen LogP) is 5.54. The molecule has 1 aliphatic rings. The Kier molecular flexibility index (Phi) is 8.88. The fourth-order valence-electron chi connectivity index (χ4n) is 6.42. The second-order valence-corrected chi connectivity index (χ2v) is 11.3. The van der Waals surface area contributed by atoms with E-state index in [9.17, 15) is 9.90 Å². The van der Waals surface area contributed by atoms with Crippen molar-refractivity contribution in [2.75, 3.05) is 39.5 Å². The van der Waals surface area contributed by atoms with Crippen molar-refractivity contribution >= 4 is 28.0 Å². The van der Waals surface area contributed by atoms with Crippen molar-refractivity contribution in [1.82, 2.24) is 19.2 Å². The van der Waals surface area contributed by atoms with E-state index >= 15 is 0 Å². The Morgan fingerprint density at radius 3 is 2.58 bits per heavy atom. The molecule has 3 aromatic carbocycles. The first-order chi connectivity index (χ1) is 21.1. The number of carbonyl (C=O) groups excluding carboxylic acids is 1. The van der Waals surface area contributed by atoms with E-state index in [0.29, 0.717) is 31.7 Å². The molecule has 2 aromatic heterocycles. The Balaban J connectivity index is 1.35. The average molecular weight is 581 g/mol. The summed E-state index contributed by atoms with van der Waals surface area (Å²) in [6.07, 6.45) is 3.02. The largest absolute Gasteiger partial charge is 0.493 e. The van der Waals surface area contributed by atoms with E-state index in [1.165, 1.54) is 0 Å². The number of benzene rings is 3. The molecule has 3 heterocycles. The quantitative estimate of drug-likeness (QED) is 0.154. The van der Waals surface area contributed by atoms with Gasteiger partial charge in [-0.25, -0.2) is 0 Å². The van der Waals surface area contributed by atoms with Crippen LogP contribution in [-0.4, -0.2) is 70.2 Å². The third-order valence-electron chi connectivity index (χ3n) is 8.61. The molecule has 8 nitrogen and oxygen atoms in total. The van der Waals surface area contributed by atoms with Crippen LogP contribution >= 0.6 is 0 Å². The van der Waals surface area contributed by atoms with Crippen molar-refractivity contribution in [1.29, 1.82) is 0 Å². The Labute approximate surface area is 252 Å². The number of aryl methyl sites for hydroxylation is 3. The van der Waals surface area contributed by atoms with Crippen molar-refractivity contribution in [3.05, 3.63) is 83.3 Å². The van der Waals surface area contributed by atoms with Crippen LogP contribution in [0.3, 0.4) is 0 Å². The van der Waals surface area contributed by atoms with Gasteiger partial charge in [-0.15, -0.1) is 0 Å². The fourth-order valence-corrected chi connectivity index (χ4v) is 6.42. The van der Waals surface area contributed by atoms with E-state index in [2.05, 4.69) is 52.8 Å². The van der Waals surface area contributed by atoms with Crippen LogP contribution in [0.5, 0.6) is 5.75 Å². The molecule has 1 N–H and O–H groups in total. The number of carbonyl (C=O) groups is 1. The lowest BCUT2D eigenvalue weighted by atomic mass is 9.98. The van der Waals surface area contributed by atoms with Gasteiger partial charge < -0.3 is 19.1 Å². The molecule has 0 aliphatic carbocycles. The number of morpholine rings is 1. The Bertz CT molecular complexity index is 1730. The van der Waals surface area contributed by atoms with Crippen LogP contribution in [0.1, 0.15) is 40.3 Å². The molecule has 8 heteroatoms. The first-order valence-corrected chi connectivity index (χ1v) is 15.2. The maximum absolute atomic E-state index is 12.7. The van der Waals surface area contributed by atoms with Gasteiger partial charge in [-0.2, -0.15) is 5.10 Å². The highest BCUT2D eigenvalue weighted by Gasteiger charge is 2.25. The molecular weight excluding hydrogens is 540 g/mol. The standard InChI is InChI=1S/C35H40N4O4/c1-25-34(31(36-37(25)2)23-38-17-21-42-22-18-38)30-13-6-12-29-28(32(24-41)39(35(29)30)16-8-19-40)14-7-20-43-33-15-5-10-26-9-3-4-11-27(26)33/h3-6,9-13,15,24,40H,7-8,14,16-23H2,1-2H3. The molecule has 0 atom stereocenters. The molecule has 1 aliphatic heterocycles. The molecular formula is C35H40N4O4. The highest BCUT2D eigenvalue weighted by atomic mass is 16.5. The van der Waals surface area contributed by atoms with Crippen LogP contribution in [0.2, 0.25) is 0 Å². The fraction of sp³-hybridized carbons (Fsp3) is 0.371. The number of fused-ring (bicyclic) bond motifs is 2. The SMILES string of the molecule is Cc1c(-c2cccc3c(CCCOc4cccc5ccccc45)c(C=O)n(CCCO)c23)c(CN2CCOCC2)nn1C. The zero-order valence-corrected chi connectivity index (χ0v) is 25.1. The normalized spacial score (nSPS) is 14.1. The van der Waals surface area contributed by atoms with Crippen LogP contribution in [0.4, 0.5) is 0 Å². The number of nitrogens with zero attached hydrogens (tertiary/aromatic N) is 4. The van der Waals surface area contributed by atoms with Crippen molar-refractivity contribution in [3.8, 4) is 16.9 Å². The molecule has 1 saturated heterocycles. The molecule has 6 rings (SSSR count). The van der Waals surface area contributed by atoms with Gasteiger partial charge in [0.05, 0.1) is 36.7 Å². The van der Waals surface area contributed by atoms with E-state index < -0.39 is 0 Å². The molecule has 5 aromatic rings. The number of aliphatic hydroxyl groups is 1. The maximum atomic E-state index is 12.7. The second-order valence-electron chi connectivity index (χ2n) is 11.3. The van der Waals surface area contributed by atoms with Crippen molar-refractivity contribution in [2.24, 2.45) is 7.05 Å². The van der Waals surface area contributed by atoms with Gasteiger partial charge in [0.2, 0.25) is 0 Å². The lowest BCUT2D eigenvalue weighted by Gasteiger charge is -2.26. The topological polar surface area (TPSA) is 81.8 Å². The molecule has 0 saturated carbocycles. The predicted molar refractivity (Wildman–Crippen MR) is 170 cm³/mol. The minimum Gasteiger partial charge on any atom is -0.493 e. The van der Waals surface area contributed by atoms with Gasteiger partial charge in [-0.3, -0.25) is 14.4 Å². The first-order valence-electron chi connectivity index (χ1n) is 15.2. The Morgan fingerprint density at radius 2 is 1.77 bits per heavy atom. The van der Waals surface area contributed by atoms with Crippen LogP contribution < -0.4 is 4.74 Å². The van der Waals surface area contributed by atoms with E-state index in [0.717, 1.165) is 101 Å². The van der Waals surface area contributed by atoms with Crippen molar-refractivity contribution < 1.29 is 19.4 Å². The van der Waals surface area contributed by atoms with Crippen molar-refractivity contribution in [2.45, 2.75) is 39.3 Å².